The largest absolute Gasteiger partial charge is 0.465 e. The first-order chi connectivity index (χ1) is 6.20. The predicted octanol–water partition coefficient (Wildman–Crippen LogP) is 0.475. The minimum absolute atomic E-state index is 0.0391. The van der Waals surface area contributed by atoms with Crippen LogP contribution in [-0.2, 0) is 4.74 Å². The van der Waals surface area contributed by atoms with Crippen LogP contribution < -0.4 is 11.1 Å². The van der Waals surface area contributed by atoms with Crippen molar-refractivity contribution in [2.24, 2.45) is 0 Å². The van der Waals surface area contributed by atoms with Crippen LogP contribution in [0.4, 0.5) is 11.7 Å². The Hall–Kier alpha value is -1.72. The molecule has 0 saturated heterocycles. The summed E-state index contributed by atoms with van der Waals surface area (Å²) in [7, 11) is 1.27. The van der Waals surface area contributed by atoms with Crippen LogP contribution in [0.25, 0.3) is 0 Å². The number of nitrogen functional groups attached to an aromatic ring is 1. The topological polar surface area (TPSA) is 90.4 Å². The molecule has 0 bridgehead atoms. The van der Waals surface area contributed by atoms with Gasteiger partial charge in [-0.3, -0.25) is 0 Å². The normalized spacial score (nSPS) is 9.69. The quantitative estimate of drug-likeness (QED) is 0.665. The number of carbonyl (C=O) groups excluding carboxylic acids is 1. The summed E-state index contributed by atoms with van der Waals surface area (Å²) in [6.07, 6.45) is 0. The molecule has 6 nitrogen and oxygen atoms in total. The SMILES string of the molecule is CCNc1noc(N)c1C(=O)OC. The second-order valence-corrected chi connectivity index (χ2v) is 2.29. The molecule has 3 N–H and O–H groups in total. The standard InChI is InChI=1S/C7H11N3O3/c1-3-9-6-4(7(11)12-2)5(8)13-10-6/h3,8H2,1-2H3,(H,9,10). The third-order valence-electron chi connectivity index (χ3n) is 1.45. The van der Waals surface area contributed by atoms with E-state index in [9.17, 15) is 4.79 Å². The molecule has 13 heavy (non-hydrogen) atoms. The van der Waals surface area contributed by atoms with Crippen molar-refractivity contribution in [2.45, 2.75) is 6.92 Å². The molecule has 0 aliphatic heterocycles. The van der Waals surface area contributed by atoms with Crippen LogP contribution in [0.1, 0.15) is 17.3 Å². The van der Waals surface area contributed by atoms with Gasteiger partial charge in [0.05, 0.1) is 7.11 Å². The van der Waals surface area contributed by atoms with Gasteiger partial charge in [-0.25, -0.2) is 4.79 Å². The summed E-state index contributed by atoms with van der Waals surface area (Å²) in [5, 5.41) is 6.39. The van der Waals surface area contributed by atoms with Gasteiger partial charge >= 0.3 is 5.97 Å². The Labute approximate surface area is 75.0 Å². The van der Waals surface area contributed by atoms with E-state index in [1.807, 2.05) is 6.92 Å². The Bertz CT molecular complexity index is 308. The van der Waals surface area contributed by atoms with E-state index in [2.05, 4.69) is 19.7 Å². The number of nitrogens with zero attached hydrogens (tertiary/aromatic N) is 1. The minimum atomic E-state index is -0.560. The molecular formula is C7H11N3O3. The first-order valence-corrected chi connectivity index (χ1v) is 3.78. The van der Waals surface area contributed by atoms with Crippen LogP contribution in [-0.4, -0.2) is 24.8 Å². The van der Waals surface area contributed by atoms with Gasteiger partial charge in [0.25, 0.3) is 0 Å². The molecule has 0 radical (unpaired) electrons. The van der Waals surface area contributed by atoms with E-state index < -0.39 is 5.97 Å². The summed E-state index contributed by atoms with van der Waals surface area (Å²) in [5.74, 6) is -0.288. The lowest BCUT2D eigenvalue weighted by atomic mass is 10.3. The van der Waals surface area contributed by atoms with Gasteiger partial charge in [-0.1, -0.05) is 5.16 Å². The van der Waals surface area contributed by atoms with Crippen molar-refractivity contribution in [1.82, 2.24) is 5.16 Å². The molecular weight excluding hydrogens is 174 g/mol. The number of esters is 1. The van der Waals surface area contributed by atoms with E-state index in [0.717, 1.165) is 0 Å². The van der Waals surface area contributed by atoms with E-state index >= 15 is 0 Å². The van der Waals surface area contributed by atoms with E-state index in [1.54, 1.807) is 0 Å². The van der Waals surface area contributed by atoms with Gasteiger partial charge in [0.2, 0.25) is 5.88 Å². The number of anilines is 2. The number of hydrogen-bond acceptors (Lipinski definition) is 6. The number of rotatable bonds is 3. The number of carbonyl (C=O) groups is 1. The highest BCUT2D eigenvalue weighted by Gasteiger charge is 2.21. The van der Waals surface area contributed by atoms with E-state index in [1.165, 1.54) is 7.11 Å². The maximum atomic E-state index is 11.1. The highest BCUT2D eigenvalue weighted by molar-refractivity contribution is 5.98. The van der Waals surface area contributed by atoms with Crippen molar-refractivity contribution in [3.8, 4) is 0 Å². The van der Waals surface area contributed by atoms with Crippen molar-refractivity contribution >= 4 is 17.7 Å². The number of nitrogens with one attached hydrogen (secondary N) is 1. The molecule has 0 spiro atoms. The molecule has 6 heteroatoms. The summed E-state index contributed by atoms with van der Waals surface area (Å²) in [6, 6.07) is 0. The lowest BCUT2D eigenvalue weighted by molar-refractivity contribution is 0.0602. The number of aromatic nitrogens is 1. The molecule has 0 saturated carbocycles. The molecule has 0 unspecified atom stereocenters. The minimum Gasteiger partial charge on any atom is -0.465 e. The monoisotopic (exact) mass is 185 g/mol. The lowest BCUT2D eigenvalue weighted by Gasteiger charge is -1.99. The number of nitrogens with two attached hydrogens (primary N) is 1. The van der Waals surface area contributed by atoms with Crippen LogP contribution in [0.3, 0.4) is 0 Å². The maximum absolute atomic E-state index is 11.1. The Balaban J connectivity index is 3.01. The molecule has 0 aromatic carbocycles. The first kappa shape index (κ1) is 9.37. The molecule has 1 aromatic rings. The molecule has 0 aliphatic rings. The second-order valence-electron chi connectivity index (χ2n) is 2.29. The Kier molecular flexibility index (Phi) is 2.73. The number of hydrogen-bond donors (Lipinski definition) is 2. The summed E-state index contributed by atoms with van der Waals surface area (Å²) in [4.78, 5) is 11.1. The fourth-order valence-electron chi connectivity index (χ4n) is 0.890. The zero-order valence-electron chi connectivity index (χ0n) is 7.46. The zero-order chi connectivity index (χ0) is 9.84. The smallest absolute Gasteiger partial charge is 0.347 e. The highest BCUT2D eigenvalue weighted by Crippen LogP contribution is 2.21. The van der Waals surface area contributed by atoms with Crippen LogP contribution in [0.5, 0.6) is 0 Å². The van der Waals surface area contributed by atoms with Crippen molar-refractivity contribution in [3.05, 3.63) is 5.56 Å². The molecule has 0 amide bonds. The number of ether oxygens (including phenoxy) is 1. The first-order valence-electron chi connectivity index (χ1n) is 3.78. The average Bonchev–Trinajstić information content (AvgIpc) is 2.47. The number of methoxy groups -OCH3 is 1. The van der Waals surface area contributed by atoms with Crippen molar-refractivity contribution in [3.63, 3.8) is 0 Å². The van der Waals surface area contributed by atoms with Crippen LogP contribution in [0.15, 0.2) is 4.52 Å². The van der Waals surface area contributed by atoms with Gasteiger partial charge in [0, 0.05) is 6.54 Å². The van der Waals surface area contributed by atoms with Gasteiger partial charge in [0.15, 0.2) is 11.4 Å². The average molecular weight is 185 g/mol. The molecule has 0 fully saturated rings. The highest BCUT2D eigenvalue weighted by atomic mass is 16.5. The zero-order valence-corrected chi connectivity index (χ0v) is 7.46. The van der Waals surface area contributed by atoms with Crippen molar-refractivity contribution < 1.29 is 14.1 Å². The summed E-state index contributed by atoms with van der Waals surface area (Å²) in [6.45, 7) is 2.49. The van der Waals surface area contributed by atoms with Crippen molar-refractivity contribution in [2.75, 3.05) is 24.7 Å². The van der Waals surface area contributed by atoms with E-state index in [-0.39, 0.29) is 11.4 Å². The lowest BCUT2D eigenvalue weighted by Crippen LogP contribution is -2.08. The molecule has 0 atom stereocenters. The van der Waals surface area contributed by atoms with Crippen LogP contribution in [0.2, 0.25) is 0 Å². The molecule has 72 valence electrons. The Morgan fingerprint density at radius 2 is 2.46 bits per heavy atom. The van der Waals surface area contributed by atoms with E-state index in [0.29, 0.717) is 12.4 Å². The summed E-state index contributed by atoms with van der Waals surface area (Å²) in [5.41, 5.74) is 5.52. The molecule has 1 aromatic heterocycles. The Morgan fingerprint density at radius 1 is 1.77 bits per heavy atom. The molecule has 1 heterocycles. The van der Waals surface area contributed by atoms with Gasteiger partial charge in [-0.2, -0.15) is 0 Å². The fraction of sp³-hybridized carbons (Fsp3) is 0.429. The maximum Gasteiger partial charge on any atom is 0.347 e. The van der Waals surface area contributed by atoms with Gasteiger partial charge in [-0.15, -0.1) is 0 Å². The molecule has 0 aliphatic carbocycles. The Morgan fingerprint density at radius 3 is 3.00 bits per heavy atom. The summed E-state index contributed by atoms with van der Waals surface area (Å²) < 4.78 is 9.14. The summed E-state index contributed by atoms with van der Waals surface area (Å²) >= 11 is 0. The van der Waals surface area contributed by atoms with Crippen molar-refractivity contribution in [1.29, 1.82) is 0 Å². The predicted molar refractivity (Wildman–Crippen MR) is 46.4 cm³/mol. The van der Waals surface area contributed by atoms with Crippen LogP contribution >= 0.6 is 0 Å². The van der Waals surface area contributed by atoms with Gasteiger partial charge in [-0.05, 0) is 6.92 Å². The van der Waals surface area contributed by atoms with Gasteiger partial charge in [0.1, 0.15) is 0 Å². The third kappa shape index (κ3) is 1.71. The molecule has 1 rings (SSSR count). The van der Waals surface area contributed by atoms with Gasteiger partial charge < -0.3 is 20.3 Å². The fourth-order valence-corrected chi connectivity index (χ4v) is 0.890. The van der Waals surface area contributed by atoms with E-state index in [4.69, 9.17) is 5.73 Å². The second kappa shape index (κ2) is 3.79. The van der Waals surface area contributed by atoms with Crippen LogP contribution in [0, 0.1) is 0 Å². The third-order valence-corrected chi connectivity index (χ3v) is 1.45.